The molecule has 6 heterocycles. The van der Waals surface area contributed by atoms with Crippen LogP contribution in [0.2, 0.25) is 0 Å². The van der Waals surface area contributed by atoms with Gasteiger partial charge in [0.1, 0.15) is 33.5 Å². The quantitative estimate of drug-likeness (QED) is 0.143. The van der Waals surface area contributed by atoms with Crippen molar-refractivity contribution in [3.05, 3.63) is 309 Å². The van der Waals surface area contributed by atoms with Gasteiger partial charge >= 0.3 is 0 Å². The first-order valence-corrected chi connectivity index (χ1v) is 32.0. The molecule has 0 aliphatic rings. The third-order valence-corrected chi connectivity index (χ3v) is 19.2. The van der Waals surface area contributed by atoms with Crippen molar-refractivity contribution in [2.45, 2.75) is 0 Å². The number of hydrogen-bond acceptors (Lipinski definition) is 6. The fourth-order valence-electron chi connectivity index (χ4n) is 14.9. The maximum atomic E-state index is 6.78. The smallest absolute Gasteiger partial charge is 0.164 e. The first kappa shape index (κ1) is 52.8. The lowest BCUT2D eigenvalue weighted by molar-refractivity contribution is 0.668. The molecule has 8 heteroatoms. The molecule has 20 aromatic rings. The van der Waals surface area contributed by atoms with Crippen molar-refractivity contribution in [1.29, 1.82) is 0 Å². The van der Waals surface area contributed by atoms with E-state index in [1.165, 1.54) is 43.8 Å². The van der Waals surface area contributed by atoms with Crippen LogP contribution in [0.5, 0.6) is 0 Å². The highest BCUT2D eigenvalue weighted by molar-refractivity contribution is 6.17. The SMILES string of the molecule is c1ccc(-c2cccc(-n3c4ccccc4c4cc(-c5ccc6oc7cccc(-c8nc(-c9cccc%10oc%11ccccc%11c9%10)nc(-c9cccc%10oc%11ccc(-c%12ccc%13c(c%12)c%12ccccc%12n%13-c%12cccc(-c%13ccccc%13)c%12)cc%11c9%10)n8)c7c6c5)ccc43)c2)cc1. The highest BCUT2D eigenvalue weighted by Crippen LogP contribution is 2.45. The fraction of sp³-hybridized carbons (Fsp3) is 0. The second-order valence-electron chi connectivity index (χ2n) is 24.6. The molecule has 0 amide bonds. The molecule has 6 aromatic heterocycles. The Morgan fingerprint density at radius 1 is 0.200 bits per heavy atom. The van der Waals surface area contributed by atoms with Gasteiger partial charge in [0.2, 0.25) is 0 Å². The van der Waals surface area contributed by atoms with E-state index in [2.05, 4.69) is 264 Å². The van der Waals surface area contributed by atoms with Crippen molar-refractivity contribution >= 4 is 109 Å². The van der Waals surface area contributed by atoms with E-state index in [4.69, 9.17) is 28.2 Å². The summed E-state index contributed by atoms with van der Waals surface area (Å²) in [5, 5.41) is 10.4. The van der Waals surface area contributed by atoms with E-state index in [1.54, 1.807) is 0 Å². The van der Waals surface area contributed by atoms with Gasteiger partial charge in [-0.1, -0.05) is 200 Å². The Morgan fingerprint density at radius 3 is 0.968 bits per heavy atom. The molecule has 20 rings (SSSR count). The van der Waals surface area contributed by atoms with Crippen LogP contribution >= 0.6 is 0 Å². The monoisotopic (exact) mass is 1210 g/mol. The van der Waals surface area contributed by atoms with Gasteiger partial charge in [-0.05, 0) is 154 Å². The Bertz CT molecular complexity index is 6210. The Labute approximate surface area is 543 Å². The van der Waals surface area contributed by atoms with Crippen molar-refractivity contribution in [2.24, 2.45) is 0 Å². The van der Waals surface area contributed by atoms with E-state index in [1.807, 2.05) is 54.6 Å². The maximum Gasteiger partial charge on any atom is 0.164 e. The van der Waals surface area contributed by atoms with Crippen LogP contribution in [0.25, 0.3) is 199 Å². The molecule has 0 radical (unpaired) electrons. The number of nitrogens with zero attached hydrogens (tertiary/aromatic N) is 5. The number of aromatic nitrogens is 5. The summed E-state index contributed by atoms with van der Waals surface area (Å²) < 4.78 is 24.8. The lowest BCUT2D eigenvalue weighted by Gasteiger charge is -2.11. The fourth-order valence-corrected chi connectivity index (χ4v) is 14.9. The van der Waals surface area contributed by atoms with E-state index >= 15 is 0 Å². The highest BCUT2D eigenvalue weighted by atomic mass is 16.3. The maximum absolute atomic E-state index is 6.78. The molecular weight excluding hydrogens is 1160 g/mol. The van der Waals surface area contributed by atoms with Crippen LogP contribution in [0.15, 0.2) is 323 Å². The van der Waals surface area contributed by atoms with Gasteiger partial charge in [-0.25, -0.2) is 15.0 Å². The number of hydrogen-bond donors (Lipinski definition) is 0. The Balaban J connectivity index is 0.743. The second-order valence-corrected chi connectivity index (χ2v) is 24.6. The van der Waals surface area contributed by atoms with Gasteiger partial charge in [0.05, 0.1) is 22.1 Å². The summed E-state index contributed by atoms with van der Waals surface area (Å²) in [6.45, 7) is 0. The summed E-state index contributed by atoms with van der Waals surface area (Å²) in [5.41, 5.74) is 22.8. The summed E-state index contributed by atoms with van der Waals surface area (Å²) >= 11 is 0. The van der Waals surface area contributed by atoms with Crippen molar-refractivity contribution in [3.8, 4) is 90.0 Å². The molecule has 14 aromatic carbocycles. The molecule has 95 heavy (non-hydrogen) atoms. The Kier molecular flexibility index (Phi) is 11.6. The first-order chi connectivity index (χ1) is 47.1. The molecule has 0 aliphatic heterocycles. The van der Waals surface area contributed by atoms with E-state index in [0.717, 1.165) is 138 Å². The normalized spacial score (nSPS) is 12.0. The number of rotatable bonds is 9. The first-order valence-electron chi connectivity index (χ1n) is 32.0. The summed E-state index contributed by atoms with van der Waals surface area (Å²) in [6, 6.07) is 109. The molecule has 0 spiro atoms. The average molecular weight is 1210 g/mol. The van der Waals surface area contributed by atoms with Crippen LogP contribution in [0, 0.1) is 0 Å². The van der Waals surface area contributed by atoms with E-state index in [-0.39, 0.29) is 0 Å². The zero-order valence-electron chi connectivity index (χ0n) is 50.9. The lowest BCUT2D eigenvalue weighted by Crippen LogP contribution is -2.01. The van der Waals surface area contributed by atoms with Crippen LogP contribution in [0.1, 0.15) is 0 Å². The molecule has 0 unspecified atom stereocenters. The van der Waals surface area contributed by atoms with Crippen molar-refractivity contribution in [2.75, 3.05) is 0 Å². The standard InChI is InChI=1S/C87H51N5O3/c1-3-18-52(19-4-1)54-22-13-24-60(46-54)91-72-32-10-7-26-62(72)68-48-56(38-42-74(68)91)58-40-44-77-70(50-58)83-66(30-16-36-80(83)94-77)86-88-85(65-29-15-35-79-82(65)64-28-9-12-34-76(64)93-79)89-87(90-86)67-31-17-37-81-84(67)71-51-59(41-45-78(71)95-81)57-39-43-75-69(49-57)63-27-8-11-33-73(63)92(75)61-25-14-23-55(47-61)53-20-5-2-6-21-53/h1-51H. The number of fused-ring (bicyclic) bond motifs is 15. The molecule has 8 nitrogen and oxygen atoms in total. The zero-order valence-corrected chi connectivity index (χ0v) is 50.9. The molecule has 0 saturated carbocycles. The van der Waals surface area contributed by atoms with Crippen LogP contribution in [-0.2, 0) is 0 Å². The van der Waals surface area contributed by atoms with Crippen molar-refractivity contribution in [1.82, 2.24) is 24.1 Å². The predicted octanol–water partition coefficient (Wildman–Crippen LogP) is 23.4. The van der Waals surface area contributed by atoms with Gasteiger partial charge in [0.15, 0.2) is 17.5 Å². The van der Waals surface area contributed by atoms with E-state index in [9.17, 15) is 0 Å². The lowest BCUT2D eigenvalue weighted by atomic mass is 9.98. The molecule has 0 atom stereocenters. The Hall–Kier alpha value is -12.9. The van der Waals surface area contributed by atoms with E-state index in [0.29, 0.717) is 17.5 Å². The minimum atomic E-state index is 0.504. The van der Waals surface area contributed by atoms with Gasteiger partial charge < -0.3 is 22.4 Å². The zero-order chi connectivity index (χ0) is 62.2. The number of para-hydroxylation sites is 3. The summed E-state index contributed by atoms with van der Waals surface area (Å²) in [7, 11) is 0. The minimum absolute atomic E-state index is 0.504. The summed E-state index contributed by atoms with van der Waals surface area (Å²) in [5.74, 6) is 1.52. The van der Waals surface area contributed by atoms with Crippen molar-refractivity contribution < 1.29 is 13.3 Å². The van der Waals surface area contributed by atoms with Crippen molar-refractivity contribution in [3.63, 3.8) is 0 Å². The third kappa shape index (κ3) is 8.38. The topological polar surface area (TPSA) is 88.0 Å². The molecule has 0 fully saturated rings. The molecule has 442 valence electrons. The summed E-state index contributed by atoms with van der Waals surface area (Å²) in [6.07, 6.45) is 0. The van der Waals surface area contributed by atoms with Crippen LogP contribution in [0.4, 0.5) is 0 Å². The molecule has 0 saturated heterocycles. The summed E-state index contributed by atoms with van der Waals surface area (Å²) in [4.78, 5) is 16.6. The van der Waals surface area contributed by atoms with Crippen LogP contribution < -0.4 is 0 Å². The third-order valence-electron chi connectivity index (χ3n) is 19.2. The largest absolute Gasteiger partial charge is 0.456 e. The van der Waals surface area contributed by atoms with Gasteiger partial charge in [0.25, 0.3) is 0 Å². The molecule has 0 N–H and O–H groups in total. The van der Waals surface area contributed by atoms with Crippen LogP contribution in [0.3, 0.4) is 0 Å². The number of benzene rings is 14. The van der Waals surface area contributed by atoms with Crippen LogP contribution in [-0.4, -0.2) is 24.1 Å². The predicted molar refractivity (Wildman–Crippen MR) is 388 cm³/mol. The van der Waals surface area contributed by atoms with Gasteiger partial charge in [0, 0.05) is 81.9 Å². The minimum Gasteiger partial charge on any atom is -0.456 e. The molecular formula is C87H51N5O3. The van der Waals surface area contributed by atoms with Gasteiger partial charge in [-0.2, -0.15) is 0 Å². The van der Waals surface area contributed by atoms with Gasteiger partial charge in [-0.15, -0.1) is 0 Å². The molecule has 0 aliphatic carbocycles. The van der Waals surface area contributed by atoms with E-state index < -0.39 is 0 Å². The second kappa shape index (κ2) is 20.8. The molecule has 0 bridgehead atoms. The Morgan fingerprint density at radius 2 is 0.516 bits per heavy atom. The number of furan rings is 3. The highest BCUT2D eigenvalue weighted by Gasteiger charge is 2.25. The van der Waals surface area contributed by atoms with Gasteiger partial charge in [-0.3, -0.25) is 0 Å². The average Bonchev–Trinajstić information content (AvgIpc) is 1.65.